The van der Waals surface area contributed by atoms with E-state index in [9.17, 15) is 9.59 Å². The number of aromatic nitrogens is 1. The monoisotopic (exact) mass is 338 g/mol. The number of hydrogen-bond donors (Lipinski definition) is 1. The molecule has 124 valence electrons. The van der Waals surface area contributed by atoms with Crippen molar-refractivity contribution in [2.75, 3.05) is 26.8 Å². The van der Waals surface area contributed by atoms with Gasteiger partial charge >= 0.3 is 5.97 Å². The molecule has 0 bridgehead atoms. The van der Waals surface area contributed by atoms with Crippen LogP contribution in [-0.4, -0.2) is 53.7 Å². The molecule has 2 aromatic heterocycles. The number of rotatable bonds is 8. The number of methoxy groups -OCH3 is 1. The second-order valence-electron chi connectivity index (χ2n) is 4.88. The number of hydrogen-bond acceptors (Lipinski definition) is 6. The molecule has 0 saturated heterocycles. The Hall–Kier alpha value is -2.19. The largest absolute Gasteiger partial charge is 0.480 e. The van der Waals surface area contributed by atoms with Gasteiger partial charge in [-0.05, 0) is 18.4 Å². The number of aryl methyl sites for hydroxylation is 1. The molecule has 8 heteroatoms. The van der Waals surface area contributed by atoms with Gasteiger partial charge in [-0.25, -0.2) is 4.98 Å². The number of ether oxygens (including phenoxy) is 1. The summed E-state index contributed by atoms with van der Waals surface area (Å²) in [7, 11) is 1.50. The van der Waals surface area contributed by atoms with Gasteiger partial charge in [0.15, 0.2) is 0 Å². The second kappa shape index (κ2) is 7.89. The van der Waals surface area contributed by atoms with Gasteiger partial charge in [0.25, 0.3) is 0 Å². The average molecular weight is 338 g/mol. The summed E-state index contributed by atoms with van der Waals surface area (Å²) in [5.74, 6) is -0.352. The third-order valence-corrected chi connectivity index (χ3v) is 4.05. The van der Waals surface area contributed by atoms with Crippen LogP contribution in [-0.2, 0) is 20.7 Å². The molecule has 0 unspecified atom stereocenters. The Bertz CT molecular complexity index is 665. The van der Waals surface area contributed by atoms with Crippen molar-refractivity contribution in [1.82, 2.24) is 9.88 Å². The fourth-order valence-corrected chi connectivity index (χ4v) is 2.66. The van der Waals surface area contributed by atoms with Crippen molar-refractivity contribution >= 4 is 23.2 Å². The van der Waals surface area contributed by atoms with Crippen molar-refractivity contribution in [3.8, 4) is 10.8 Å². The Morgan fingerprint density at radius 3 is 2.87 bits per heavy atom. The number of carboxylic acid groups (broad SMARTS) is 1. The summed E-state index contributed by atoms with van der Waals surface area (Å²) >= 11 is 1.50. The average Bonchev–Trinajstić information content (AvgIpc) is 3.13. The van der Waals surface area contributed by atoms with Crippen molar-refractivity contribution in [2.24, 2.45) is 0 Å². The van der Waals surface area contributed by atoms with E-state index in [0.717, 1.165) is 4.88 Å². The second-order valence-corrected chi connectivity index (χ2v) is 5.83. The molecule has 0 atom stereocenters. The smallest absolute Gasteiger partial charge is 0.323 e. The number of carboxylic acids is 1. The molecule has 0 saturated carbocycles. The number of carbonyl (C=O) groups excluding carboxylic acids is 1. The zero-order valence-electron chi connectivity index (χ0n) is 12.9. The summed E-state index contributed by atoms with van der Waals surface area (Å²) in [4.78, 5) is 29.7. The Kier molecular flexibility index (Phi) is 5.89. The van der Waals surface area contributed by atoms with Gasteiger partial charge < -0.3 is 19.2 Å². The highest BCUT2D eigenvalue weighted by Crippen LogP contribution is 2.26. The number of amides is 1. The Labute approximate surface area is 137 Å². The third kappa shape index (κ3) is 4.64. The highest BCUT2D eigenvalue weighted by molar-refractivity contribution is 7.13. The number of thiophene rings is 1. The highest BCUT2D eigenvalue weighted by atomic mass is 32.1. The van der Waals surface area contributed by atoms with E-state index < -0.39 is 5.97 Å². The SMILES string of the molecule is COCCN(CC(=O)O)C(=O)Cc1nc(-c2cccs2)oc1C. The van der Waals surface area contributed by atoms with Crippen LogP contribution in [0, 0.1) is 6.92 Å². The van der Waals surface area contributed by atoms with Crippen LogP contribution in [0.25, 0.3) is 10.8 Å². The van der Waals surface area contributed by atoms with Crippen LogP contribution in [0.1, 0.15) is 11.5 Å². The first-order chi connectivity index (χ1) is 11.0. The molecule has 7 nitrogen and oxygen atoms in total. The predicted molar refractivity (Wildman–Crippen MR) is 84.3 cm³/mol. The van der Waals surface area contributed by atoms with Crippen LogP contribution in [0.2, 0.25) is 0 Å². The Morgan fingerprint density at radius 1 is 1.48 bits per heavy atom. The Balaban J connectivity index is 2.10. The lowest BCUT2D eigenvalue weighted by Gasteiger charge is -2.19. The van der Waals surface area contributed by atoms with Crippen molar-refractivity contribution in [1.29, 1.82) is 0 Å². The fraction of sp³-hybridized carbons (Fsp3) is 0.400. The van der Waals surface area contributed by atoms with Gasteiger partial charge in [-0.3, -0.25) is 9.59 Å². The maximum atomic E-state index is 12.3. The van der Waals surface area contributed by atoms with Gasteiger partial charge in [0.2, 0.25) is 11.8 Å². The number of nitrogens with zero attached hydrogens (tertiary/aromatic N) is 2. The summed E-state index contributed by atoms with van der Waals surface area (Å²) in [5.41, 5.74) is 0.520. The third-order valence-electron chi connectivity index (χ3n) is 3.19. The zero-order valence-corrected chi connectivity index (χ0v) is 13.8. The van der Waals surface area contributed by atoms with E-state index in [1.807, 2.05) is 17.5 Å². The molecule has 0 aliphatic carbocycles. The minimum absolute atomic E-state index is 0.00228. The van der Waals surface area contributed by atoms with Gasteiger partial charge in [0, 0.05) is 13.7 Å². The van der Waals surface area contributed by atoms with Crippen molar-refractivity contribution in [2.45, 2.75) is 13.3 Å². The zero-order chi connectivity index (χ0) is 16.8. The van der Waals surface area contributed by atoms with Crippen LogP contribution in [0.15, 0.2) is 21.9 Å². The molecule has 2 rings (SSSR count). The van der Waals surface area contributed by atoms with E-state index in [4.69, 9.17) is 14.3 Å². The van der Waals surface area contributed by atoms with Crippen LogP contribution in [0.3, 0.4) is 0 Å². The summed E-state index contributed by atoms with van der Waals surface area (Å²) < 4.78 is 10.5. The van der Waals surface area contributed by atoms with E-state index in [1.54, 1.807) is 6.92 Å². The molecule has 2 heterocycles. The molecular formula is C15H18N2O5S. The minimum atomic E-state index is -1.06. The van der Waals surface area contributed by atoms with Crippen LogP contribution < -0.4 is 0 Å². The first kappa shape index (κ1) is 17.2. The molecule has 0 aliphatic rings. The van der Waals surface area contributed by atoms with Gasteiger partial charge in [0.05, 0.1) is 23.6 Å². The van der Waals surface area contributed by atoms with E-state index in [2.05, 4.69) is 4.98 Å². The quantitative estimate of drug-likeness (QED) is 0.789. The molecule has 0 radical (unpaired) electrons. The molecule has 0 spiro atoms. The lowest BCUT2D eigenvalue weighted by Crippen LogP contribution is -2.39. The lowest BCUT2D eigenvalue weighted by molar-refractivity contribution is -0.144. The predicted octanol–water partition coefficient (Wildman–Crippen LogP) is 1.81. The summed E-state index contributed by atoms with van der Waals surface area (Å²) in [6.45, 7) is 1.87. The van der Waals surface area contributed by atoms with Crippen LogP contribution >= 0.6 is 11.3 Å². The Morgan fingerprint density at radius 2 is 2.26 bits per heavy atom. The molecular weight excluding hydrogens is 320 g/mol. The fourth-order valence-electron chi connectivity index (χ4n) is 2.01. The van der Waals surface area contributed by atoms with Gasteiger partial charge in [-0.15, -0.1) is 11.3 Å². The minimum Gasteiger partial charge on any atom is -0.480 e. The molecule has 2 aromatic rings. The molecule has 1 amide bonds. The summed E-state index contributed by atoms with van der Waals surface area (Å²) in [6.07, 6.45) is -0.00228. The van der Waals surface area contributed by atoms with E-state index in [0.29, 0.717) is 17.3 Å². The van der Waals surface area contributed by atoms with Crippen LogP contribution in [0.5, 0.6) is 0 Å². The van der Waals surface area contributed by atoms with Gasteiger partial charge in [0.1, 0.15) is 12.3 Å². The first-order valence-electron chi connectivity index (χ1n) is 7.00. The van der Waals surface area contributed by atoms with E-state index in [1.165, 1.54) is 23.3 Å². The summed E-state index contributed by atoms with van der Waals surface area (Å²) in [6, 6.07) is 3.78. The molecule has 23 heavy (non-hydrogen) atoms. The standard InChI is InChI=1S/C15H18N2O5S/c1-10-11(16-15(22-10)12-4-3-7-23-12)8-13(18)17(5-6-21-2)9-14(19)20/h3-4,7H,5-6,8-9H2,1-2H3,(H,19,20). The topological polar surface area (TPSA) is 92.9 Å². The van der Waals surface area contributed by atoms with Crippen LogP contribution in [0.4, 0.5) is 0 Å². The maximum absolute atomic E-state index is 12.3. The first-order valence-corrected chi connectivity index (χ1v) is 7.88. The maximum Gasteiger partial charge on any atom is 0.323 e. The molecule has 0 fully saturated rings. The van der Waals surface area contributed by atoms with E-state index in [-0.39, 0.29) is 32.0 Å². The molecule has 0 aromatic carbocycles. The van der Waals surface area contributed by atoms with E-state index >= 15 is 0 Å². The van der Waals surface area contributed by atoms with Crippen molar-refractivity contribution in [3.63, 3.8) is 0 Å². The summed E-state index contributed by atoms with van der Waals surface area (Å²) in [5, 5.41) is 10.8. The van der Waals surface area contributed by atoms with Gasteiger partial charge in [-0.2, -0.15) is 0 Å². The molecule has 0 aliphatic heterocycles. The molecule has 1 N–H and O–H groups in total. The number of oxazole rings is 1. The lowest BCUT2D eigenvalue weighted by atomic mass is 10.2. The highest BCUT2D eigenvalue weighted by Gasteiger charge is 2.21. The van der Waals surface area contributed by atoms with Crippen molar-refractivity contribution in [3.05, 3.63) is 29.0 Å². The number of carbonyl (C=O) groups is 2. The van der Waals surface area contributed by atoms with Crippen molar-refractivity contribution < 1.29 is 23.8 Å². The van der Waals surface area contributed by atoms with Gasteiger partial charge in [-0.1, -0.05) is 6.07 Å². The normalized spacial score (nSPS) is 10.7. The number of aliphatic carboxylic acids is 1.